The van der Waals surface area contributed by atoms with Crippen LogP contribution in [0, 0.1) is 13.8 Å². The quantitative estimate of drug-likeness (QED) is 0.840. The molecule has 0 radical (unpaired) electrons. The molecule has 2 aromatic rings. The molecule has 1 fully saturated rings. The summed E-state index contributed by atoms with van der Waals surface area (Å²) in [6.45, 7) is 10.8. The molecule has 4 heteroatoms. The monoisotopic (exact) mass is 366 g/mol. The van der Waals surface area contributed by atoms with Crippen LogP contribution >= 0.6 is 0 Å². The second kappa shape index (κ2) is 9.16. The Morgan fingerprint density at radius 3 is 2.41 bits per heavy atom. The minimum absolute atomic E-state index is 0.0157. The second-order valence-corrected chi connectivity index (χ2v) is 7.36. The number of nitrogens with one attached hydrogen (secondary N) is 1. The summed E-state index contributed by atoms with van der Waals surface area (Å²) in [6.07, 6.45) is 0.864. The smallest absolute Gasteiger partial charge is 0.251 e. The Bertz CT molecular complexity index is 764. The third-order valence-corrected chi connectivity index (χ3v) is 5.37. The molecule has 3 rings (SSSR count). The molecule has 144 valence electrons. The van der Waals surface area contributed by atoms with Crippen LogP contribution in [-0.4, -0.2) is 37.1 Å². The molecule has 2 aromatic carbocycles. The van der Waals surface area contributed by atoms with E-state index < -0.39 is 0 Å². The number of amides is 1. The van der Waals surface area contributed by atoms with Crippen molar-refractivity contribution in [1.29, 1.82) is 0 Å². The van der Waals surface area contributed by atoms with Crippen LogP contribution in [0.2, 0.25) is 0 Å². The van der Waals surface area contributed by atoms with E-state index in [4.69, 9.17) is 4.74 Å². The predicted molar refractivity (Wildman–Crippen MR) is 109 cm³/mol. The maximum atomic E-state index is 12.7. The van der Waals surface area contributed by atoms with E-state index in [9.17, 15) is 4.79 Å². The Balaban J connectivity index is 1.63. The number of hydrogen-bond donors (Lipinski definition) is 1. The molecule has 4 nitrogen and oxygen atoms in total. The minimum atomic E-state index is -0.0157. The lowest BCUT2D eigenvalue weighted by Crippen LogP contribution is -2.35. The zero-order valence-corrected chi connectivity index (χ0v) is 16.6. The van der Waals surface area contributed by atoms with Gasteiger partial charge in [-0.1, -0.05) is 37.3 Å². The highest BCUT2D eigenvalue weighted by molar-refractivity contribution is 5.94. The molecule has 0 bridgehead atoms. The van der Waals surface area contributed by atoms with Crippen molar-refractivity contribution in [1.82, 2.24) is 10.2 Å². The largest absolute Gasteiger partial charge is 0.379 e. The summed E-state index contributed by atoms with van der Waals surface area (Å²) in [5.74, 6) is -0.0157. The van der Waals surface area contributed by atoms with Crippen LogP contribution in [-0.2, 0) is 11.3 Å². The zero-order valence-electron chi connectivity index (χ0n) is 16.6. The molecule has 1 N–H and O–H groups in total. The van der Waals surface area contributed by atoms with Crippen molar-refractivity contribution in [2.24, 2.45) is 0 Å². The van der Waals surface area contributed by atoms with Crippen LogP contribution in [0.15, 0.2) is 42.5 Å². The molecule has 1 saturated heterocycles. The molecule has 1 heterocycles. The van der Waals surface area contributed by atoms with Crippen LogP contribution < -0.4 is 5.32 Å². The Morgan fingerprint density at radius 2 is 1.78 bits per heavy atom. The summed E-state index contributed by atoms with van der Waals surface area (Å²) in [7, 11) is 0. The SMILES string of the molecule is CCC(NC(=O)c1ccc(CN2CCOCC2)cc1)c1ccc(C)c(C)c1. The highest BCUT2D eigenvalue weighted by atomic mass is 16.5. The molecule has 0 aliphatic carbocycles. The van der Waals surface area contributed by atoms with Crippen molar-refractivity contribution in [3.8, 4) is 0 Å². The van der Waals surface area contributed by atoms with Gasteiger partial charge in [0.15, 0.2) is 0 Å². The highest BCUT2D eigenvalue weighted by Crippen LogP contribution is 2.20. The van der Waals surface area contributed by atoms with Crippen LogP contribution in [0.1, 0.15) is 52.0 Å². The molecule has 0 spiro atoms. The third-order valence-electron chi connectivity index (χ3n) is 5.37. The zero-order chi connectivity index (χ0) is 19.2. The van der Waals surface area contributed by atoms with Crippen molar-refractivity contribution in [3.63, 3.8) is 0 Å². The van der Waals surface area contributed by atoms with Gasteiger partial charge in [0, 0.05) is 25.2 Å². The van der Waals surface area contributed by atoms with Crippen LogP contribution in [0.3, 0.4) is 0 Å². The minimum Gasteiger partial charge on any atom is -0.379 e. The van der Waals surface area contributed by atoms with E-state index in [1.54, 1.807) is 0 Å². The van der Waals surface area contributed by atoms with Gasteiger partial charge in [-0.2, -0.15) is 0 Å². The molecule has 0 aromatic heterocycles. The second-order valence-electron chi connectivity index (χ2n) is 7.36. The van der Waals surface area contributed by atoms with Crippen molar-refractivity contribution in [2.75, 3.05) is 26.3 Å². The van der Waals surface area contributed by atoms with Crippen LogP contribution in [0.5, 0.6) is 0 Å². The van der Waals surface area contributed by atoms with E-state index >= 15 is 0 Å². The Labute approximate surface area is 162 Å². The lowest BCUT2D eigenvalue weighted by molar-refractivity contribution is 0.0342. The third kappa shape index (κ3) is 5.18. The van der Waals surface area contributed by atoms with E-state index in [0.717, 1.165) is 44.8 Å². The number of morpholine rings is 1. The van der Waals surface area contributed by atoms with Crippen LogP contribution in [0.25, 0.3) is 0 Å². The van der Waals surface area contributed by atoms with E-state index in [1.165, 1.54) is 16.7 Å². The first-order valence-electron chi connectivity index (χ1n) is 9.84. The predicted octanol–water partition coefficient (Wildman–Crippen LogP) is 4.02. The maximum absolute atomic E-state index is 12.7. The standard InChI is InChI=1S/C23H30N2O2/c1-4-22(21-8-5-17(2)18(3)15-21)24-23(26)20-9-6-19(7-10-20)16-25-11-13-27-14-12-25/h5-10,15,22H,4,11-14,16H2,1-3H3,(H,24,26). The summed E-state index contributed by atoms with van der Waals surface area (Å²) in [5, 5.41) is 3.18. The molecular formula is C23H30N2O2. The van der Waals surface area contributed by atoms with Crippen molar-refractivity contribution in [3.05, 3.63) is 70.3 Å². The first-order valence-corrected chi connectivity index (χ1v) is 9.84. The van der Waals surface area contributed by atoms with E-state index in [2.05, 4.69) is 61.3 Å². The number of nitrogens with zero attached hydrogens (tertiary/aromatic N) is 1. The van der Waals surface area contributed by atoms with Crippen molar-refractivity contribution >= 4 is 5.91 Å². The fourth-order valence-corrected chi connectivity index (χ4v) is 3.42. The first kappa shape index (κ1) is 19.6. The number of rotatable bonds is 6. The van der Waals surface area contributed by atoms with Gasteiger partial charge in [0.1, 0.15) is 0 Å². The van der Waals surface area contributed by atoms with Gasteiger partial charge in [0.05, 0.1) is 19.3 Å². The van der Waals surface area contributed by atoms with E-state index in [0.29, 0.717) is 5.56 Å². The first-order chi connectivity index (χ1) is 13.1. The van der Waals surface area contributed by atoms with Gasteiger partial charge < -0.3 is 10.1 Å². The van der Waals surface area contributed by atoms with Gasteiger partial charge in [-0.15, -0.1) is 0 Å². The Morgan fingerprint density at radius 1 is 1.07 bits per heavy atom. The molecule has 27 heavy (non-hydrogen) atoms. The van der Waals surface area contributed by atoms with Gasteiger partial charge >= 0.3 is 0 Å². The highest BCUT2D eigenvalue weighted by Gasteiger charge is 2.15. The van der Waals surface area contributed by atoms with E-state index in [-0.39, 0.29) is 11.9 Å². The topological polar surface area (TPSA) is 41.6 Å². The summed E-state index contributed by atoms with van der Waals surface area (Å²) in [4.78, 5) is 15.1. The van der Waals surface area contributed by atoms with Gasteiger partial charge in [0.25, 0.3) is 5.91 Å². The summed E-state index contributed by atoms with van der Waals surface area (Å²) >= 11 is 0. The number of carbonyl (C=O) groups excluding carboxylic acids is 1. The molecule has 1 unspecified atom stereocenters. The van der Waals surface area contributed by atoms with Gasteiger partial charge in [0.2, 0.25) is 0 Å². The summed E-state index contributed by atoms with van der Waals surface area (Å²) < 4.78 is 5.39. The lowest BCUT2D eigenvalue weighted by atomic mass is 9.99. The van der Waals surface area contributed by atoms with Crippen LogP contribution in [0.4, 0.5) is 0 Å². The molecule has 1 amide bonds. The maximum Gasteiger partial charge on any atom is 0.251 e. The normalized spacial score (nSPS) is 16.1. The number of benzene rings is 2. The molecule has 1 aliphatic rings. The van der Waals surface area contributed by atoms with E-state index in [1.807, 2.05) is 12.1 Å². The number of carbonyl (C=O) groups is 1. The molecule has 1 aliphatic heterocycles. The van der Waals surface area contributed by atoms with Gasteiger partial charge in [-0.25, -0.2) is 0 Å². The van der Waals surface area contributed by atoms with Gasteiger partial charge in [-0.3, -0.25) is 9.69 Å². The average Bonchev–Trinajstić information content (AvgIpc) is 2.69. The Kier molecular flexibility index (Phi) is 6.64. The number of hydrogen-bond acceptors (Lipinski definition) is 3. The fourth-order valence-electron chi connectivity index (χ4n) is 3.42. The molecule has 0 saturated carbocycles. The molecule has 1 atom stereocenters. The average molecular weight is 367 g/mol. The summed E-state index contributed by atoms with van der Waals surface area (Å²) in [5.41, 5.74) is 5.64. The number of aryl methyl sites for hydroxylation is 2. The lowest BCUT2D eigenvalue weighted by Gasteiger charge is -2.26. The number of ether oxygens (including phenoxy) is 1. The molecular weight excluding hydrogens is 336 g/mol. The summed E-state index contributed by atoms with van der Waals surface area (Å²) in [6, 6.07) is 14.4. The van der Waals surface area contributed by atoms with Crippen molar-refractivity contribution < 1.29 is 9.53 Å². The van der Waals surface area contributed by atoms with Gasteiger partial charge in [-0.05, 0) is 54.7 Å². The van der Waals surface area contributed by atoms with Crippen molar-refractivity contribution in [2.45, 2.75) is 39.8 Å². The fraction of sp³-hybridized carbons (Fsp3) is 0.435. The Hall–Kier alpha value is -2.17.